The van der Waals surface area contributed by atoms with E-state index >= 15 is 0 Å². The minimum atomic E-state index is -0.237. The maximum atomic E-state index is 13.4. The highest BCUT2D eigenvalue weighted by Gasteiger charge is 2.53. The number of benzene rings is 3. The van der Waals surface area contributed by atoms with Crippen LogP contribution < -0.4 is 16.0 Å². The Hall–Kier alpha value is -3.64. The molecule has 0 saturated heterocycles. The van der Waals surface area contributed by atoms with E-state index in [4.69, 9.17) is 4.74 Å². The van der Waals surface area contributed by atoms with Crippen LogP contribution in [0.3, 0.4) is 0 Å². The summed E-state index contributed by atoms with van der Waals surface area (Å²) in [7, 11) is 1.59. The highest BCUT2D eigenvalue weighted by atomic mass is 16.5. The Bertz CT molecular complexity index is 1310. The normalized spacial score (nSPS) is 25.1. The molecule has 0 unspecified atom stereocenters. The van der Waals surface area contributed by atoms with Gasteiger partial charge in [0.25, 0.3) is 11.8 Å². The second-order valence-corrected chi connectivity index (χ2v) is 10.5. The molecule has 37 heavy (non-hydrogen) atoms. The van der Waals surface area contributed by atoms with E-state index < -0.39 is 0 Å². The number of anilines is 2. The first-order valence-electron chi connectivity index (χ1n) is 13.3. The Morgan fingerprint density at radius 1 is 0.946 bits per heavy atom. The van der Waals surface area contributed by atoms with Gasteiger partial charge in [0.15, 0.2) is 0 Å². The number of rotatable bonds is 7. The minimum Gasteiger partial charge on any atom is -0.383 e. The van der Waals surface area contributed by atoms with Crippen LogP contribution in [0.1, 0.15) is 63.1 Å². The van der Waals surface area contributed by atoms with E-state index in [9.17, 15) is 9.59 Å². The summed E-state index contributed by atoms with van der Waals surface area (Å²) in [6, 6.07) is 24.2. The Kier molecular flexibility index (Phi) is 6.43. The van der Waals surface area contributed by atoms with Crippen molar-refractivity contribution in [2.75, 3.05) is 30.9 Å². The van der Waals surface area contributed by atoms with Crippen LogP contribution in [-0.4, -0.2) is 32.1 Å². The van der Waals surface area contributed by atoms with Gasteiger partial charge in [-0.3, -0.25) is 9.59 Å². The topological polar surface area (TPSA) is 79.5 Å². The smallest absolute Gasteiger partial charge is 0.255 e. The van der Waals surface area contributed by atoms with Crippen molar-refractivity contribution in [3.05, 3.63) is 95.1 Å². The second kappa shape index (κ2) is 10.0. The third-order valence-corrected chi connectivity index (χ3v) is 8.52. The number of carbonyl (C=O) groups excluding carboxylic acids is 2. The predicted molar refractivity (Wildman–Crippen MR) is 145 cm³/mol. The number of para-hydroxylation sites is 1. The maximum Gasteiger partial charge on any atom is 0.255 e. The van der Waals surface area contributed by atoms with Crippen molar-refractivity contribution in [1.29, 1.82) is 0 Å². The summed E-state index contributed by atoms with van der Waals surface area (Å²) in [6.45, 7) is 0.836. The summed E-state index contributed by atoms with van der Waals surface area (Å²) in [5.41, 5.74) is 5.30. The summed E-state index contributed by atoms with van der Waals surface area (Å²) >= 11 is 0. The van der Waals surface area contributed by atoms with Crippen molar-refractivity contribution in [2.24, 2.45) is 17.8 Å². The first-order chi connectivity index (χ1) is 18.1. The number of ether oxygens (including phenoxy) is 1. The van der Waals surface area contributed by atoms with Gasteiger partial charge in [0.2, 0.25) is 0 Å². The Labute approximate surface area is 217 Å². The van der Waals surface area contributed by atoms with Crippen LogP contribution in [0, 0.1) is 17.8 Å². The number of methoxy groups -OCH3 is 1. The lowest BCUT2D eigenvalue weighted by molar-refractivity contribution is 0.0938. The van der Waals surface area contributed by atoms with E-state index in [0.717, 1.165) is 11.6 Å². The third kappa shape index (κ3) is 4.40. The summed E-state index contributed by atoms with van der Waals surface area (Å²) < 4.78 is 5.02. The molecule has 2 bridgehead atoms. The van der Waals surface area contributed by atoms with Crippen molar-refractivity contribution in [2.45, 2.75) is 31.2 Å². The molecule has 6 rings (SSSR count). The van der Waals surface area contributed by atoms with E-state index in [2.05, 4.69) is 58.4 Å². The van der Waals surface area contributed by atoms with E-state index in [0.29, 0.717) is 53.8 Å². The fourth-order valence-electron chi connectivity index (χ4n) is 6.96. The van der Waals surface area contributed by atoms with Crippen LogP contribution >= 0.6 is 0 Å². The molecule has 190 valence electrons. The first-order valence-corrected chi connectivity index (χ1v) is 13.3. The molecule has 0 radical (unpaired) electrons. The van der Waals surface area contributed by atoms with Crippen LogP contribution in [0.2, 0.25) is 0 Å². The highest BCUT2D eigenvalue weighted by Crippen LogP contribution is 2.63. The molecule has 3 aliphatic rings. The molecule has 1 heterocycles. The zero-order chi connectivity index (χ0) is 25.4. The van der Waals surface area contributed by atoms with Gasteiger partial charge in [0.05, 0.1) is 23.9 Å². The highest BCUT2D eigenvalue weighted by molar-refractivity contribution is 6.09. The summed E-state index contributed by atoms with van der Waals surface area (Å²) in [4.78, 5) is 26.1. The lowest BCUT2D eigenvalue weighted by Gasteiger charge is -2.43. The zero-order valence-electron chi connectivity index (χ0n) is 21.1. The fraction of sp³-hybridized carbons (Fsp3) is 0.355. The first kappa shape index (κ1) is 23.7. The quantitative estimate of drug-likeness (QED) is 0.372. The van der Waals surface area contributed by atoms with Gasteiger partial charge in [0.1, 0.15) is 0 Å². The molecule has 2 saturated carbocycles. The molecule has 2 aliphatic carbocycles. The van der Waals surface area contributed by atoms with Crippen molar-refractivity contribution < 1.29 is 14.3 Å². The molecule has 3 aromatic carbocycles. The molecular weight excluding hydrogens is 462 g/mol. The molecule has 5 atom stereocenters. The van der Waals surface area contributed by atoms with Crippen LogP contribution in [0.5, 0.6) is 0 Å². The van der Waals surface area contributed by atoms with E-state index in [1.807, 2.05) is 12.1 Å². The monoisotopic (exact) mass is 495 g/mol. The third-order valence-electron chi connectivity index (χ3n) is 8.52. The van der Waals surface area contributed by atoms with Crippen molar-refractivity contribution in [3.8, 4) is 0 Å². The van der Waals surface area contributed by atoms with Crippen LogP contribution in [-0.2, 0) is 4.74 Å². The van der Waals surface area contributed by atoms with Gasteiger partial charge < -0.3 is 20.7 Å². The number of carbonyl (C=O) groups is 2. The largest absolute Gasteiger partial charge is 0.383 e. The zero-order valence-corrected chi connectivity index (χ0v) is 21.1. The standard InChI is InChI=1S/C31H33N3O3/c1-37-16-15-32-31(36)23-9-5-6-10-25(23)34-30(35)22-13-14-26-24(18-22)27-20-11-12-21(17-20)28(27)29(33-26)19-7-3-2-4-8-19/h2-10,13-14,18,20-21,27-29,33H,11-12,15-17H2,1H3,(H,32,36)(H,34,35)/t20-,21+,27+,28+,29-/m0/s1. The molecule has 2 amide bonds. The lowest BCUT2D eigenvalue weighted by atomic mass is 9.68. The van der Waals surface area contributed by atoms with Crippen molar-refractivity contribution >= 4 is 23.2 Å². The van der Waals surface area contributed by atoms with Gasteiger partial charge in [-0.05, 0) is 84.4 Å². The molecule has 0 aromatic heterocycles. The Balaban J connectivity index is 1.27. The molecule has 1 aliphatic heterocycles. The molecule has 2 fully saturated rings. The summed E-state index contributed by atoms with van der Waals surface area (Å²) in [5, 5.41) is 9.65. The molecular formula is C31H33N3O3. The van der Waals surface area contributed by atoms with E-state index in [-0.39, 0.29) is 11.8 Å². The van der Waals surface area contributed by atoms with Crippen LogP contribution in [0.25, 0.3) is 0 Å². The Morgan fingerprint density at radius 3 is 2.57 bits per heavy atom. The van der Waals surface area contributed by atoms with Crippen molar-refractivity contribution in [1.82, 2.24) is 5.32 Å². The number of hydrogen-bond acceptors (Lipinski definition) is 4. The average molecular weight is 496 g/mol. The van der Waals surface area contributed by atoms with Gasteiger partial charge in [0, 0.05) is 24.9 Å². The van der Waals surface area contributed by atoms with Crippen LogP contribution in [0.4, 0.5) is 11.4 Å². The SMILES string of the molecule is COCCNC(=O)c1ccccc1NC(=O)c1ccc2c(c1)[C@H]1[C@H]3CC[C@H](C3)[C@H]1[C@H](c1ccccc1)N2. The number of nitrogens with one attached hydrogen (secondary N) is 3. The number of amides is 2. The molecule has 3 aromatic rings. The van der Waals surface area contributed by atoms with Gasteiger partial charge in [-0.2, -0.15) is 0 Å². The van der Waals surface area contributed by atoms with E-state index in [1.165, 1.54) is 30.4 Å². The summed E-state index contributed by atoms with van der Waals surface area (Å²) in [5.74, 6) is 1.97. The molecule has 3 N–H and O–H groups in total. The van der Waals surface area contributed by atoms with E-state index in [1.54, 1.807) is 25.3 Å². The second-order valence-electron chi connectivity index (χ2n) is 10.5. The fourth-order valence-corrected chi connectivity index (χ4v) is 6.96. The molecule has 0 spiro atoms. The number of hydrogen-bond donors (Lipinski definition) is 3. The maximum absolute atomic E-state index is 13.4. The lowest BCUT2D eigenvalue weighted by Crippen LogP contribution is -2.35. The summed E-state index contributed by atoms with van der Waals surface area (Å²) in [6.07, 6.45) is 3.85. The van der Waals surface area contributed by atoms with Gasteiger partial charge >= 0.3 is 0 Å². The minimum absolute atomic E-state index is 0.204. The Morgan fingerprint density at radius 2 is 1.73 bits per heavy atom. The average Bonchev–Trinajstić information content (AvgIpc) is 3.56. The van der Waals surface area contributed by atoms with Gasteiger partial charge in [-0.25, -0.2) is 0 Å². The van der Waals surface area contributed by atoms with Gasteiger partial charge in [-0.1, -0.05) is 42.5 Å². The van der Waals surface area contributed by atoms with Gasteiger partial charge in [-0.15, -0.1) is 0 Å². The predicted octanol–water partition coefficient (Wildman–Crippen LogP) is 5.61. The van der Waals surface area contributed by atoms with Crippen LogP contribution in [0.15, 0.2) is 72.8 Å². The molecule has 6 nitrogen and oxygen atoms in total. The van der Waals surface area contributed by atoms with Crippen molar-refractivity contribution in [3.63, 3.8) is 0 Å². The number of fused-ring (bicyclic) bond motifs is 7. The molecule has 6 heteroatoms.